The van der Waals surface area contributed by atoms with Crippen molar-refractivity contribution in [3.05, 3.63) is 21.9 Å². The maximum Gasteiger partial charge on any atom is 0.0555 e. The van der Waals surface area contributed by atoms with Crippen LogP contribution in [0.1, 0.15) is 42.9 Å². The lowest BCUT2D eigenvalue weighted by molar-refractivity contribution is 0.214. The second-order valence-corrected chi connectivity index (χ2v) is 6.41. The molecule has 0 spiro atoms. The second-order valence-electron chi connectivity index (χ2n) is 5.12. The summed E-state index contributed by atoms with van der Waals surface area (Å²) in [7, 11) is 0. The maximum absolute atomic E-state index is 6.58. The van der Waals surface area contributed by atoms with Crippen molar-refractivity contribution >= 4 is 11.3 Å². The first-order valence-electron chi connectivity index (χ1n) is 5.31. The minimum absolute atomic E-state index is 0.0775. The van der Waals surface area contributed by atoms with Crippen LogP contribution in [0.3, 0.4) is 0 Å². The minimum atomic E-state index is -0.0775. The summed E-state index contributed by atoms with van der Waals surface area (Å²) in [5.41, 5.74) is 6.76. The highest BCUT2D eigenvalue weighted by atomic mass is 32.1. The fourth-order valence-corrected chi connectivity index (χ4v) is 3.68. The number of thiophene rings is 1. The first kappa shape index (κ1) is 10.2. The molecular weight excluding hydrogens is 190 g/mol. The Kier molecular flexibility index (Phi) is 2.24. The van der Waals surface area contributed by atoms with E-state index >= 15 is 0 Å². The van der Waals surface area contributed by atoms with E-state index < -0.39 is 0 Å². The third-order valence-electron chi connectivity index (χ3n) is 3.76. The third kappa shape index (κ3) is 1.32. The van der Waals surface area contributed by atoms with Gasteiger partial charge < -0.3 is 5.73 Å². The highest BCUT2D eigenvalue weighted by molar-refractivity contribution is 7.12. The molecule has 1 aromatic rings. The Hall–Kier alpha value is -0.340. The highest BCUT2D eigenvalue weighted by Gasteiger charge is 2.47. The number of aryl methyl sites for hydroxylation is 1. The Bertz CT molecular complexity index is 340. The van der Waals surface area contributed by atoms with E-state index in [9.17, 15) is 0 Å². The van der Waals surface area contributed by atoms with Gasteiger partial charge in [0.15, 0.2) is 0 Å². The Morgan fingerprint density at radius 2 is 2.00 bits per heavy atom. The minimum Gasteiger partial charge on any atom is -0.320 e. The van der Waals surface area contributed by atoms with Crippen LogP contribution < -0.4 is 5.73 Å². The monoisotopic (exact) mass is 209 g/mol. The van der Waals surface area contributed by atoms with Crippen LogP contribution in [0.25, 0.3) is 0 Å². The molecule has 2 rings (SSSR count). The van der Waals surface area contributed by atoms with E-state index in [1.165, 1.54) is 22.6 Å². The van der Waals surface area contributed by atoms with Crippen LogP contribution in [0.2, 0.25) is 0 Å². The normalized spacial score (nSPS) is 30.9. The van der Waals surface area contributed by atoms with E-state index in [4.69, 9.17) is 5.73 Å². The van der Waals surface area contributed by atoms with Gasteiger partial charge in [-0.2, -0.15) is 0 Å². The van der Waals surface area contributed by atoms with Crippen LogP contribution in [0, 0.1) is 12.3 Å². The maximum atomic E-state index is 6.58. The molecule has 1 heterocycles. The van der Waals surface area contributed by atoms with Crippen molar-refractivity contribution in [2.24, 2.45) is 11.1 Å². The molecule has 0 bridgehead atoms. The van der Waals surface area contributed by atoms with Crippen LogP contribution in [0.15, 0.2) is 12.1 Å². The molecule has 0 saturated heterocycles. The fraction of sp³-hybridized carbons (Fsp3) is 0.667. The number of hydrogen-bond acceptors (Lipinski definition) is 2. The molecule has 0 aliphatic heterocycles. The average Bonchev–Trinajstić information content (AvgIpc) is 2.60. The lowest BCUT2D eigenvalue weighted by atomic mass is 9.75. The SMILES string of the molecule is Cc1ccc(C2(N)CCCC2(C)C)s1. The number of nitrogens with two attached hydrogens (primary N) is 1. The Morgan fingerprint density at radius 1 is 1.29 bits per heavy atom. The topological polar surface area (TPSA) is 26.0 Å². The molecule has 0 aromatic carbocycles. The van der Waals surface area contributed by atoms with Crippen molar-refractivity contribution in [2.75, 3.05) is 0 Å². The van der Waals surface area contributed by atoms with Crippen molar-refractivity contribution in [3.8, 4) is 0 Å². The van der Waals surface area contributed by atoms with Crippen LogP contribution in [-0.4, -0.2) is 0 Å². The Labute approximate surface area is 90.3 Å². The molecule has 78 valence electrons. The predicted octanol–water partition coefficient (Wildman–Crippen LogP) is 3.42. The molecule has 1 fully saturated rings. The summed E-state index contributed by atoms with van der Waals surface area (Å²) < 4.78 is 0. The number of rotatable bonds is 1. The van der Waals surface area contributed by atoms with Crippen molar-refractivity contribution in [3.63, 3.8) is 0 Å². The van der Waals surface area contributed by atoms with Crippen LogP contribution in [-0.2, 0) is 5.54 Å². The Morgan fingerprint density at radius 3 is 2.43 bits per heavy atom. The number of hydrogen-bond donors (Lipinski definition) is 1. The predicted molar refractivity (Wildman–Crippen MR) is 62.6 cm³/mol. The van der Waals surface area contributed by atoms with Crippen molar-refractivity contribution in [1.82, 2.24) is 0 Å². The van der Waals surface area contributed by atoms with E-state index in [1.807, 2.05) is 11.3 Å². The van der Waals surface area contributed by atoms with Gasteiger partial charge in [-0.15, -0.1) is 11.3 Å². The zero-order chi connectivity index (χ0) is 10.4. The Balaban J connectivity index is 2.41. The van der Waals surface area contributed by atoms with Crippen LogP contribution in [0.5, 0.6) is 0 Å². The fourth-order valence-electron chi connectivity index (χ4n) is 2.50. The van der Waals surface area contributed by atoms with E-state index in [0.717, 1.165) is 6.42 Å². The molecule has 14 heavy (non-hydrogen) atoms. The van der Waals surface area contributed by atoms with E-state index in [2.05, 4.69) is 32.9 Å². The highest BCUT2D eigenvalue weighted by Crippen LogP contribution is 2.51. The molecule has 1 aliphatic rings. The zero-order valence-electron chi connectivity index (χ0n) is 9.26. The first-order chi connectivity index (χ1) is 6.46. The van der Waals surface area contributed by atoms with Gasteiger partial charge in [-0.1, -0.05) is 20.3 Å². The summed E-state index contributed by atoms with van der Waals surface area (Å²) in [4.78, 5) is 2.74. The summed E-state index contributed by atoms with van der Waals surface area (Å²) in [6, 6.07) is 4.40. The van der Waals surface area contributed by atoms with Crippen molar-refractivity contribution < 1.29 is 0 Å². The molecule has 1 saturated carbocycles. The summed E-state index contributed by atoms with van der Waals surface area (Å²) in [5, 5.41) is 0. The van der Waals surface area contributed by atoms with E-state index in [-0.39, 0.29) is 11.0 Å². The summed E-state index contributed by atoms with van der Waals surface area (Å²) in [5.74, 6) is 0. The van der Waals surface area contributed by atoms with Gasteiger partial charge in [0, 0.05) is 9.75 Å². The molecule has 2 N–H and O–H groups in total. The quantitative estimate of drug-likeness (QED) is 0.753. The average molecular weight is 209 g/mol. The van der Waals surface area contributed by atoms with Crippen LogP contribution in [0.4, 0.5) is 0 Å². The van der Waals surface area contributed by atoms with Gasteiger partial charge in [-0.3, -0.25) is 0 Å². The molecule has 1 nitrogen and oxygen atoms in total. The van der Waals surface area contributed by atoms with Crippen molar-refractivity contribution in [1.29, 1.82) is 0 Å². The molecule has 1 aliphatic carbocycles. The lowest BCUT2D eigenvalue weighted by Crippen LogP contribution is -2.45. The first-order valence-corrected chi connectivity index (χ1v) is 6.13. The second kappa shape index (κ2) is 3.07. The van der Waals surface area contributed by atoms with Gasteiger partial charge >= 0.3 is 0 Å². The molecule has 0 radical (unpaired) electrons. The molecule has 0 amide bonds. The lowest BCUT2D eigenvalue weighted by Gasteiger charge is -2.37. The largest absolute Gasteiger partial charge is 0.320 e. The molecular formula is C12H19NS. The van der Waals surface area contributed by atoms with Crippen molar-refractivity contribution in [2.45, 2.75) is 45.6 Å². The van der Waals surface area contributed by atoms with Gasteiger partial charge in [0.1, 0.15) is 0 Å². The molecule has 1 aromatic heterocycles. The zero-order valence-corrected chi connectivity index (χ0v) is 10.1. The van der Waals surface area contributed by atoms with Gasteiger partial charge in [0.05, 0.1) is 5.54 Å². The summed E-state index contributed by atoms with van der Waals surface area (Å²) in [6.07, 6.45) is 3.65. The standard InChI is InChI=1S/C12H19NS/c1-9-5-6-10(14-9)12(13)8-4-7-11(12,2)3/h5-6H,4,7-8,13H2,1-3H3. The van der Waals surface area contributed by atoms with Gasteiger partial charge in [-0.25, -0.2) is 0 Å². The molecule has 2 heteroatoms. The van der Waals surface area contributed by atoms with Gasteiger partial charge in [-0.05, 0) is 37.3 Å². The molecule has 1 unspecified atom stereocenters. The third-order valence-corrected chi connectivity index (χ3v) is 4.94. The van der Waals surface area contributed by atoms with E-state index in [1.54, 1.807) is 0 Å². The summed E-state index contributed by atoms with van der Waals surface area (Å²) >= 11 is 1.86. The molecule has 1 atom stereocenters. The van der Waals surface area contributed by atoms with Gasteiger partial charge in [0.25, 0.3) is 0 Å². The van der Waals surface area contributed by atoms with E-state index in [0.29, 0.717) is 0 Å². The van der Waals surface area contributed by atoms with Gasteiger partial charge in [0.2, 0.25) is 0 Å². The summed E-state index contributed by atoms with van der Waals surface area (Å²) in [6.45, 7) is 6.75. The smallest absolute Gasteiger partial charge is 0.0555 e. The van der Waals surface area contributed by atoms with Crippen LogP contribution >= 0.6 is 11.3 Å².